The molecule has 1 amide bonds. The predicted molar refractivity (Wildman–Crippen MR) is 128 cm³/mol. The molecule has 0 unspecified atom stereocenters. The third kappa shape index (κ3) is 3.23. The third-order valence-electron chi connectivity index (χ3n) is 7.33. The molecule has 4 aliphatic carbocycles. The molecule has 4 saturated carbocycles. The van der Waals surface area contributed by atoms with Crippen molar-refractivity contribution in [2.24, 2.45) is 23.7 Å². The molecule has 2 aromatic rings. The highest BCUT2D eigenvalue weighted by Gasteiger charge is 2.53. The third-order valence-corrected chi connectivity index (χ3v) is 9.19. The molecule has 0 spiro atoms. The number of amides is 1. The van der Waals surface area contributed by atoms with Gasteiger partial charge in [-0.1, -0.05) is 52.0 Å². The van der Waals surface area contributed by atoms with Crippen LogP contribution in [0.3, 0.4) is 0 Å². The summed E-state index contributed by atoms with van der Waals surface area (Å²) in [5, 5.41) is 0. The molecule has 1 aromatic heterocycles. The second-order valence-corrected chi connectivity index (χ2v) is 11.8. The molecule has 154 valence electrons. The Bertz CT molecular complexity index is 1030. The van der Waals surface area contributed by atoms with Crippen LogP contribution in [0.4, 0.5) is 0 Å². The zero-order valence-electron chi connectivity index (χ0n) is 16.4. The molecule has 7 rings (SSSR count). The van der Waals surface area contributed by atoms with Crippen LogP contribution in [0.2, 0.25) is 0 Å². The predicted octanol–water partition coefficient (Wildman–Crippen LogP) is 6.74. The zero-order chi connectivity index (χ0) is 20.4. The maximum absolute atomic E-state index is 13.4. The highest BCUT2D eigenvalue weighted by atomic mass is 79.9. The van der Waals surface area contributed by atoms with Gasteiger partial charge < -0.3 is 4.42 Å². The summed E-state index contributed by atoms with van der Waals surface area (Å²) in [6.45, 7) is 0. The number of carbonyl (C=O) groups is 1. The number of rotatable bonds is 3. The van der Waals surface area contributed by atoms with E-state index in [2.05, 4.69) is 15.9 Å². The van der Waals surface area contributed by atoms with Crippen LogP contribution in [0, 0.1) is 23.7 Å². The van der Waals surface area contributed by atoms with Crippen molar-refractivity contribution < 1.29 is 9.21 Å². The van der Waals surface area contributed by atoms with E-state index in [9.17, 15) is 4.79 Å². The number of thiocarbonyl (C=S) groups is 1. The lowest BCUT2D eigenvalue weighted by Gasteiger charge is -2.56. The van der Waals surface area contributed by atoms with E-state index in [0.717, 1.165) is 32.0 Å². The topological polar surface area (TPSA) is 33.5 Å². The maximum atomic E-state index is 13.4. The van der Waals surface area contributed by atoms with Crippen molar-refractivity contribution in [1.29, 1.82) is 0 Å². The van der Waals surface area contributed by atoms with Crippen LogP contribution >= 0.6 is 39.9 Å². The molecule has 6 heteroatoms. The molecule has 5 fully saturated rings. The van der Waals surface area contributed by atoms with Crippen molar-refractivity contribution in [3.63, 3.8) is 0 Å². The second kappa shape index (κ2) is 7.35. The Labute approximate surface area is 194 Å². The van der Waals surface area contributed by atoms with Gasteiger partial charge in [-0.05, 0) is 80.0 Å². The fourth-order valence-electron chi connectivity index (χ4n) is 6.38. The lowest BCUT2D eigenvalue weighted by atomic mass is 9.54. The Balaban J connectivity index is 1.25. The molecule has 4 bridgehead atoms. The first-order chi connectivity index (χ1) is 14.5. The first kappa shape index (κ1) is 19.3. The monoisotopic (exact) mass is 499 g/mol. The van der Waals surface area contributed by atoms with Gasteiger partial charge in [0.1, 0.15) is 15.8 Å². The molecular formula is C24H22BrNO2S2. The van der Waals surface area contributed by atoms with E-state index in [1.165, 1.54) is 43.9 Å². The van der Waals surface area contributed by atoms with Crippen molar-refractivity contribution >= 4 is 56.2 Å². The second-order valence-electron chi connectivity index (χ2n) is 9.18. The Kier molecular flexibility index (Phi) is 4.74. The van der Waals surface area contributed by atoms with Gasteiger partial charge in [0.15, 0.2) is 0 Å². The van der Waals surface area contributed by atoms with E-state index in [4.69, 9.17) is 16.6 Å². The number of halogens is 1. The minimum Gasteiger partial charge on any atom is -0.457 e. The summed E-state index contributed by atoms with van der Waals surface area (Å²) >= 11 is 10.6. The molecule has 5 aliphatic rings. The molecule has 30 heavy (non-hydrogen) atoms. The molecule has 2 heterocycles. The summed E-state index contributed by atoms with van der Waals surface area (Å²) in [7, 11) is 0. The number of benzene rings is 1. The Morgan fingerprint density at radius 3 is 2.33 bits per heavy atom. The average Bonchev–Trinajstić information content (AvgIpc) is 3.28. The summed E-state index contributed by atoms with van der Waals surface area (Å²) in [6, 6.07) is 12.2. The van der Waals surface area contributed by atoms with Crippen LogP contribution in [0.5, 0.6) is 0 Å². The number of hydrogen-bond acceptors (Lipinski definition) is 4. The molecule has 0 N–H and O–H groups in total. The Morgan fingerprint density at radius 1 is 1.00 bits per heavy atom. The van der Waals surface area contributed by atoms with Gasteiger partial charge in [0.05, 0.1) is 4.91 Å². The summed E-state index contributed by atoms with van der Waals surface area (Å²) < 4.78 is 7.77. The Morgan fingerprint density at radius 2 is 1.67 bits per heavy atom. The normalized spacial score (nSPS) is 33.8. The lowest BCUT2D eigenvalue weighted by Crippen LogP contribution is -2.57. The van der Waals surface area contributed by atoms with E-state index in [-0.39, 0.29) is 5.91 Å². The standard InChI is InChI=1S/C24H22BrNO2S2/c25-18-3-1-15(2-4-18)20-6-5-19(28-20)12-21-23(27)26(24(29)30-21)22-16-8-13-7-14(10-16)11-17(22)9-13/h1-6,12-14,16-17,22H,7-11H2. The van der Waals surface area contributed by atoms with Crippen molar-refractivity contribution in [3.05, 3.63) is 51.5 Å². The summed E-state index contributed by atoms with van der Waals surface area (Å²) in [6.07, 6.45) is 8.39. The molecule has 0 atom stereocenters. The summed E-state index contributed by atoms with van der Waals surface area (Å²) in [5.41, 5.74) is 1.01. The Hall–Kier alpha value is -1.37. The molecular weight excluding hydrogens is 478 g/mol. The van der Waals surface area contributed by atoms with E-state index in [0.29, 0.717) is 28.5 Å². The highest BCUT2D eigenvalue weighted by Crippen LogP contribution is 2.56. The van der Waals surface area contributed by atoms with Crippen LogP contribution in [0.1, 0.15) is 37.9 Å². The quantitative estimate of drug-likeness (QED) is 0.346. The highest BCUT2D eigenvalue weighted by molar-refractivity contribution is 9.10. The molecule has 3 nitrogen and oxygen atoms in total. The first-order valence-corrected chi connectivity index (χ1v) is 12.7. The number of nitrogens with zero attached hydrogens (tertiary/aromatic N) is 1. The van der Waals surface area contributed by atoms with E-state index >= 15 is 0 Å². The molecule has 0 radical (unpaired) electrons. The van der Waals surface area contributed by atoms with Gasteiger partial charge in [-0.25, -0.2) is 0 Å². The van der Waals surface area contributed by atoms with Gasteiger partial charge in [0, 0.05) is 22.2 Å². The van der Waals surface area contributed by atoms with Gasteiger partial charge in [0.2, 0.25) is 0 Å². The fraction of sp³-hybridized carbons (Fsp3) is 0.417. The van der Waals surface area contributed by atoms with Crippen molar-refractivity contribution in [2.75, 3.05) is 0 Å². The van der Waals surface area contributed by atoms with Crippen LogP contribution in [-0.2, 0) is 4.79 Å². The smallest absolute Gasteiger partial charge is 0.266 e. The molecule has 1 aromatic carbocycles. The SMILES string of the molecule is O=C1C(=Cc2ccc(-c3ccc(Br)cc3)o2)SC(=S)N1C1C2CC3CC(C2)CC1C3. The van der Waals surface area contributed by atoms with Crippen LogP contribution in [0.15, 0.2) is 50.2 Å². The van der Waals surface area contributed by atoms with Crippen LogP contribution < -0.4 is 0 Å². The minimum absolute atomic E-state index is 0.0732. The van der Waals surface area contributed by atoms with Crippen LogP contribution in [-0.4, -0.2) is 21.2 Å². The van der Waals surface area contributed by atoms with E-state index < -0.39 is 0 Å². The zero-order valence-corrected chi connectivity index (χ0v) is 19.6. The van der Waals surface area contributed by atoms with Crippen molar-refractivity contribution in [3.8, 4) is 11.3 Å². The van der Waals surface area contributed by atoms with Crippen molar-refractivity contribution in [1.82, 2.24) is 4.90 Å². The number of thioether (sulfide) groups is 1. The maximum Gasteiger partial charge on any atom is 0.266 e. The fourth-order valence-corrected chi connectivity index (χ4v) is 7.97. The van der Waals surface area contributed by atoms with Gasteiger partial charge in [-0.2, -0.15) is 0 Å². The number of carbonyl (C=O) groups excluding carboxylic acids is 1. The molecule has 1 saturated heterocycles. The van der Waals surface area contributed by atoms with Crippen LogP contribution in [0.25, 0.3) is 17.4 Å². The van der Waals surface area contributed by atoms with E-state index in [1.54, 1.807) is 0 Å². The van der Waals surface area contributed by atoms with Crippen molar-refractivity contribution in [2.45, 2.75) is 38.1 Å². The summed E-state index contributed by atoms with van der Waals surface area (Å²) in [4.78, 5) is 16.0. The average molecular weight is 500 g/mol. The van der Waals surface area contributed by atoms with Gasteiger partial charge in [-0.15, -0.1) is 0 Å². The van der Waals surface area contributed by atoms with Gasteiger partial charge >= 0.3 is 0 Å². The number of furan rings is 1. The van der Waals surface area contributed by atoms with Gasteiger partial charge in [0.25, 0.3) is 5.91 Å². The minimum atomic E-state index is 0.0732. The van der Waals surface area contributed by atoms with Gasteiger partial charge in [-0.3, -0.25) is 9.69 Å². The number of hydrogen-bond donors (Lipinski definition) is 0. The first-order valence-electron chi connectivity index (χ1n) is 10.7. The van der Waals surface area contributed by atoms with E-state index in [1.807, 2.05) is 47.4 Å². The molecule has 1 aliphatic heterocycles. The summed E-state index contributed by atoms with van der Waals surface area (Å²) in [5.74, 6) is 4.61. The lowest BCUT2D eigenvalue weighted by molar-refractivity contribution is -0.130. The largest absolute Gasteiger partial charge is 0.457 e.